The predicted octanol–water partition coefficient (Wildman–Crippen LogP) is 0.479. The third-order valence-electron chi connectivity index (χ3n) is 5.26. The Hall–Kier alpha value is -2.22. The summed E-state index contributed by atoms with van der Waals surface area (Å²) >= 11 is 0. The molecule has 0 bridgehead atoms. The fourth-order valence-corrected chi connectivity index (χ4v) is 3.60. The molecule has 7 nitrogen and oxygen atoms in total. The first-order valence-corrected chi connectivity index (χ1v) is 8.85. The maximum absolute atomic E-state index is 12.1. The molecule has 4 N–H and O–H groups in total. The Morgan fingerprint density at radius 3 is 2.62 bits per heavy atom. The molecule has 1 saturated carbocycles. The molecular formula is C19H25N3O4. The average molecular weight is 359 g/mol. The van der Waals surface area contributed by atoms with Crippen LogP contribution in [0, 0.1) is 12.8 Å². The fourth-order valence-electron chi connectivity index (χ4n) is 3.60. The summed E-state index contributed by atoms with van der Waals surface area (Å²) in [5, 5.41) is 24.2. The van der Waals surface area contributed by atoms with E-state index in [1.165, 1.54) is 10.8 Å². The van der Waals surface area contributed by atoms with Crippen molar-refractivity contribution >= 4 is 0 Å². The van der Waals surface area contributed by atoms with Crippen molar-refractivity contribution in [2.45, 2.75) is 44.6 Å². The molecule has 1 fully saturated rings. The molecule has 0 aliphatic heterocycles. The van der Waals surface area contributed by atoms with E-state index < -0.39 is 29.5 Å². The van der Waals surface area contributed by atoms with Crippen LogP contribution < -0.4 is 16.6 Å². The van der Waals surface area contributed by atoms with Crippen LogP contribution in [0.1, 0.15) is 36.6 Å². The van der Waals surface area contributed by atoms with E-state index in [4.69, 9.17) is 0 Å². The number of aliphatic hydroxyl groups excluding tert-OH is 2. The minimum atomic E-state index is -1.06. The van der Waals surface area contributed by atoms with Gasteiger partial charge in [0.1, 0.15) is 6.10 Å². The number of aryl methyl sites for hydroxylation is 1. The molecule has 140 valence electrons. The number of nitrogens with one attached hydrogen (secondary N) is 2. The second-order valence-corrected chi connectivity index (χ2v) is 7.06. The summed E-state index contributed by atoms with van der Waals surface area (Å²) in [5.74, 6) is -0.194. The van der Waals surface area contributed by atoms with Gasteiger partial charge in [-0.1, -0.05) is 30.3 Å². The summed E-state index contributed by atoms with van der Waals surface area (Å²) < 4.78 is 1.32. The number of aromatic amines is 1. The number of aromatic nitrogens is 2. The van der Waals surface area contributed by atoms with Gasteiger partial charge in [-0.15, -0.1) is 0 Å². The molecule has 0 unspecified atom stereocenters. The molecule has 1 heterocycles. The van der Waals surface area contributed by atoms with Gasteiger partial charge in [-0.2, -0.15) is 0 Å². The highest BCUT2D eigenvalue weighted by Crippen LogP contribution is 2.34. The highest BCUT2D eigenvalue weighted by molar-refractivity contribution is 5.18. The first kappa shape index (κ1) is 18.6. The Labute approximate surface area is 151 Å². The van der Waals surface area contributed by atoms with Gasteiger partial charge in [-0.3, -0.25) is 14.3 Å². The van der Waals surface area contributed by atoms with E-state index in [-0.39, 0.29) is 12.0 Å². The summed E-state index contributed by atoms with van der Waals surface area (Å²) in [6.45, 7) is 4.16. The topological polar surface area (TPSA) is 107 Å². The largest absolute Gasteiger partial charge is 0.390 e. The number of nitrogens with zero attached hydrogens (tertiary/aromatic N) is 1. The zero-order chi connectivity index (χ0) is 18.8. The molecule has 1 aliphatic rings. The van der Waals surface area contributed by atoms with E-state index >= 15 is 0 Å². The SMILES string of the molecule is Cc1cn([C@H]2C[C@H](CN[C@H](C)c3ccccc3)[C@H](O)[C@H]2O)c(=O)[nH]c1=O. The Morgan fingerprint density at radius 1 is 1.23 bits per heavy atom. The van der Waals surface area contributed by atoms with Crippen molar-refractivity contribution < 1.29 is 10.2 Å². The maximum Gasteiger partial charge on any atom is 0.328 e. The van der Waals surface area contributed by atoms with Gasteiger partial charge in [-0.25, -0.2) is 4.79 Å². The van der Waals surface area contributed by atoms with Crippen LogP contribution in [-0.2, 0) is 0 Å². The smallest absolute Gasteiger partial charge is 0.328 e. The van der Waals surface area contributed by atoms with Crippen LogP contribution >= 0.6 is 0 Å². The lowest BCUT2D eigenvalue weighted by atomic mass is 10.0. The zero-order valence-corrected chi connectivity index (χ0v) is 14.9. The quantitative estimate of drug-likeness (QED) is 0.621. The third-order valence-corrected chi connectivity index (χ3v) is 5.26. The second kappa shape index (κ2) is 7.57. The van der Waals surface area contributed by atoms with Crippen molar-refractivity contribution in [1.82, 2.24) is 14.9 Å². The number of H-pyrrole nitrogens is 1. The number of hydrogen-bond acceptors (Lipinski definition) is 5. The van der Waals surface area contributed by atoms with Crippen molar-refractivity contribution in [2.75, 3.05) is 6.54 Å². The van der Waals surface area contributed by atoms with E-state index in [1.54, 1.807) is 6.92 Å². The van der Waals surface area contributed by atoms with Gasteiger partial charge in [-0.05, 0) is 25.8 Å². The third kappa shape index (κ3) is 3.65. The molecule has 5 atom stereocenters. The van der Waals surface area contributed by atoms with Crippen molar-refractivity contribution in [1.29, 1.82) is 0 Å². The van der Waals surface area contributed by atoms with E-state index in [2.05, 4.69) is 10.3 Å². The highest BCUT2D eigenvalue weighted by atomic mass is 16.3. The summed E-state index contributed by atoms with van der Waals surface area (Å²) in [7, 11) is 0. The highest BCUT2D eigenvalue weighted by Gasteiger charge is 2.42. The minimum Gasteiger partial charge on any atom is -0.390 e. The Bertz CT molecular complexity index is 861. The molecule has 0 radical (unpaired) electrons. The second-order valence-electron chi connectivity index (χ2n) is 7.06. The van der Waals surface area contributed by atoms with Crippen LogP contribution in [0.5, 0.6) is 0 Å². The predicted molar refractivity (Wildman–Crippen MR) is 98.1 cm³/mol. The number of benzene rings is 1. The summed E-state index contributed by atoms with van der Waals surface area (Å²) in [6.07, 6.45) is -0.0988. The van der Waals surface area contributed by atoms with Gasteiger partial charge in [0.2, 0.25) is 0 Å². The molecule has 7 heteroatoms. The van der Waals surface area contributed by atoms with Crippen LogP contribution in [-0.4, -0.2) is 38.5 Å². The van der Waals surface area contributed by atoms with Crippen LogP contribution in [0.15, 0.2) is 46.1 Å². The molecular weight excluding hydrogens is 334 g/mol. The summed E-state index contributed by atoms with van der Waals surface area (Å²) in [6, 6.07) is 9.52. The van der Waals surface area contributed by atoms with Gasteiger partial charge >= 0.3 is 5.69 Å². The number of rotatable bonds is 5. The number of hydrogen-bond donors (Lipinski definition) is 4. The van der Waals surface area contributed by atoms with Gasteiger partial charge in [0, 0.05) is 30.3 Å². The van der Waals surface area contributed by atoms with E-state index in [1.807, 2.05) is 37.3 Å². The van der Waals surface area contributed by atoms with Crippen molar-refractivity contribution in [3.63, 3.8) is 0 Å². The standard InChI is InChI=1S/C19H25N3O4/c1-11-10-22(19(26)21-18(11)25)15-8-14(16(23)17(15)24)9-20-12(2)13-6-4-3-5-7-13/h3-7,10,12,14-17,20,23-24H,8-9H2,1-2H3,(H,21,25,26)/t12-,14-,15+,16+,17+/m1/s1. The average Bonchev–Trinajstić information content (AvgIpc) is 2.91. The monoisotopic (exact) mass is 359 g/mol. The van der Waals surface area contributed by atoms with Crippen molar-refractivity contribution in [3.05, 3.63) is 68.5 Å². The minimum absolute atomic E-state index is 0.109. The lowest BCUT2D eigenvalue weighted by molar-refractivity contribution is 0.00538. The van der Waals surface area contributed by atoms with Gasteiger partial charge in [0.25, 0.3) is 5.56 Å². The fraction of sp³-hybridized carbons (Fsp3) is 0.474. The Morgan fingerprint density at radius 2 is 1.92 bits per heavy atom. The van der Waals surface area contributed by atoms with Gasteiger partial charge < -0.3 is 15.5 Å². The molecule has 1 aromatic heterocycles. The maximum atomic E-state index is 12.1. The lowest BCUT2D eigenvalue weighted by Crippen LogP contribution is -2.38. The number of aliphatic hydroxyl groups is 2. The normalized spacial score (nSPS) is 26.8. The molecule has 26 heavy (non-hydrogen) atoms. The van der Waals surface area contributed by atoms with Gasteiger partial charge in [0.05, 0.1) is 12.1 Å². The molecule has 1 aromatic carbocycles. The van der Waals surface area contributed by atoms with Crippen LogP contribution in [0.3, 0.4) is 0 Å². The van der Waals surface area contributed by atoms with Crippen molar-refractivity contribution in [3.8, 4) is 0 Å². The molecule has 1 aliphatic carbocycles. The summed E-state index contributed by atoms with van der Waals surface area (Å²) in [4.78, 5) is 25.9. The van der Waals surface area contributed by atoms with Crippen LogP contribution in [0.2, 0.25) is 0 Å². The molecule has 0 saturated heterocycles. The molecule has 2 aromatic rings. The van der Waals surface area contributed by atoms with E-state index in [0.29, 0.717) is 18.5 Å². The zero-order valence-electron chi connectivity index (χ0n) is 14.9. The lowest BCUT2D eigenvalue weighted by Gasteiger charge is -2.20. The van der Waals surface area contributed by atoms with E-state index in [9.17, 15) is 19.8 Å². The Balaban J connectivity index is 1.71. The van der Waals surface area contributed by atoms with E-state index in [0.717, 1.165) is 5.56 Å². The summed E-state index contributed by atoms with van der Waals surface area (Å²) in [5.41, 5.74) is 0.535. The first-order valence-electron chi connectivity index (χ1n) is 8.85. The molecule has 0 spiro atoms. The van der Waals surface area contributed by atoms with Crippen molar-refractivity contribution in [2.24, 2.45) is 5.92 Å². The molecule has 0 amide bonds. The molecule has 3 rings (SSSR count). The Kier molecular flexibility index (Phi) is 5.41. The first-order chi connectivity index (χ1) is 12.4. The van der Waals surface area contributed by atoms with Crippen LogP contribution in [0.25, 0.3) is 0 Å². The van der Waals surface area contributed by atoms with Crippen LogP contribution in [0.4, 0.5) is 0 Å². The van der Waals surface area contributed by atoms with Gasteiger partial charge in [0.15, 0.2) is 0 Å².